The molecule has 1 saturated heterocycles. The quantitative estimate of drug-likeness (QED) is 0.851. The molecule has 19 heavy (non-hydrogen) atoms. The standard InChI is InChI=1S/C15H23N3O/c1-3-7-15(8-5-10-18-15)14(19)17-11-13-12(2)6-4-9-16-13/h4,6,9,18H,3,5,7-8,10-11H2,1-2H3,(H,17,19). The van der Waals surface area contributed by atoms with Gasteiger partial charge in [-0.3, -0.25) is 9.78 Å². The molecular weight excluding hydrogens is 238 g/mol. The number of pyridine rings is 1. The number of hydrogen-bond acceptors (Lipinski definition) is 3. The molecule has 1 aromatic heterocycles. The van der Waals surface area contributed by atoms with Crippen molar-refractivity contribution in [1.82, 2.24) is 15.6 Å². The van der Waals surface area contributed by atoms with Crippen molar-refractivity contribution in [3.63, 3.8) is 0 Å². The summed E-state index contributed by atoms with van der Waals surface area (Å²) in [5, 5.41) is 6.43. The summed E-state index contributed by atoms with van der Waals surface area (Å²) in [6.45, 7) is 5.59. The number of rotatable bonds is 5. The molecule has 1 fully saturated rings. The Morgan fingerprint density at radius 2 is 2.42 bits per heavy atom. The summed E-state index contributed by atoms with van der Waals surface area (Å²) in [5.74, 6) is 0.122. The molecule has 4 nitrogen and oxygen atoms in total. The number of aromatic nitrogens is 1. The Morgan fingerprint density at radius 1 is 1.58 bits per heavy atom. The number of aryl methyl sites for hydroxylation is 1. The van der Waals surface area contributed by atoms with Crippen molar-refractivity contribution in [2.75, 3.05) is 6.54 Å². The molecule has 2 heterocycles. The monoisotopic (exact) mass is 261 g/mol. The molecule has 1 atom stereocenters. The number of carbonyl (C=O) groups is 1. The van der Waals surface area contributed by atoms with Gasteiger partial charge >= 0.3 is 0 Å². The first-order valence-electron chi connectivity index (χ1n) is 7.12. The number of carbonyl (C=O) groups excluding carboxylic acids is 1. The fourth-order valence-electron chi connectivity index (χ4n) is 2.79. The van der Waals surface area contributed by atoms with Gasteiger partial charge in [0.25, 0.3) is 0 Å². The summed E-state index contributed by atoms with van der Waals surface area (Å²) < 4.78 is 0. The summed E-state index contributed by atoms with van der Waals surface area (Å²) in [4.78, 5) is 16.8. The zero-order valence-corrected chi connectivity index (χ0v) is 11.8. The van der Waals surface area contributed by atoms with Crippen LogP contribution in [0.1, 0.15) is 43.9 Å². The van der Waals surface area contributed by atoms with Gasteiger partial charge in [-0.1, -0.05) is 19.4 Å². The van der Waals surface area contributed by atoms with Crippen LogP contribution in [0.25, 0.3) is 0 Å². The van der Waals surface area contributed by atoms with Crippen LogP contribution in [0.2, 0.25) is 0 Å². The fourth-order valence-corrected chi connectivity index (χ4v) is 2.79. The molecule has 2 N–H and O–H groups in total. The van der Waals surface area contributed by atoms with Crippen LogP contribution in [-0.2, 0) is 11.3 Å². The maximum Gasteiger partial charge on any atom is 0.240 e. The summed E-state index contributed by atoms with van der Waals surface area (Å²) in [7, 11) is 0. The Kier molecular flexibility index (Phi) is 4.53. The molecule has 1 aromatic rings. The fraction of sp³-hybridized carbons (Fsp3) is 0.600. The molecule has 2 rings (SSSR count). The maximum absolute atomic E-state index is 12.4. The highest BCUT2D eigenvalue weighted by Gasteiger charge is 2.39. The first kappa shape index (κ1) is 14.0. The van der Waals surface area contributed by atoms with E-state index in [0.29, 0.717) is 6.54 Å². The topological polar surface area (TPSA) is 54.0 Å². The van der Waals surface area contributed by atoms with Crippen LogP contribution >= 0.6 is 0 Å². The smallest absolute Gasteiger partial charge is 0.240 e. The summed E-state index contributed by atoms with van der Waals surface area (Å²) in [6.07, 6.45) is 5.71. The Bertz CT molecular complexity index is 439. The minimum Gasteiger partial charge on any atom is -0.349 e. The average Bonchev–Trinajstić information content (AvgIpc) is 2.88. The van der Waals surface area contributed by atoms with Crippen molar-refractivity contribution in [1.29, 1.82) is 0 Å². The van der Waals surface area contributed by atoms with Gasteiger partial charge in [-0.2, -0.15) is 0 Å². The second kappa shape index (κ2) is 6.15. The molecule has 1 amide bonds. The van der Waals surface area contributed by atoms with Gasteiger partial charge in [0.05, 0.1) is 17.8 Å². The van der Waals surface area contributed by atoms with Gasteiger partial charge in [-0.15, -0.1) is 0 Å². The van der Waals surface area contributed by atoms with Crippen molar-refractivity contribution in [2.24, 2.45) is 0 Å². The lowest BCUT2D eigenvalue weighted by atomic mass is 9.91. The summed E-state index contributed by atoms with van der Waals surface area (Å²) in [6, 6.07) is 3.93. The van der Waals surface area contributed by atoms with Crippen molar-refractivity contribution in [3.8, 4) is 0 Å². The first-order valence-corrected chi connectivity index (χ1v) is 7.12. The Morgan fingerprint density at radius 3 is 3.05 bits per heavy atom. The van der Waals surface area contributed by atoms with E-state index in [9.17, 15) is 4.79 Å². The van der Waals surface area contributed by atoms with Crippen molar-refractivity contribution in [2.45, 2.75) is 51.6 Å². The lowest BCUT2D eigenvalue weighted by Gasteiger charge is -2.27. The third-order valence-electron chi connectivity index (χ3n) is 3.89. The van der Waals surface area contributed by atoms with E-state index in [1.807, 2.05) is 19.1 Å². The predicted octanol–water partition coefficient (Wildman–Crippen LogP) is 1.93. The molecule has 0 aromatic carbocycles. The number of nitrogens with zero attached hydrogens (tertiary/aromatic N) is 1. The van der Waals surface area contributed by atoms with E-state index in [1.165, 1.54) is 0 Å². The second-order valence-corrected chi connectivity index (χ2v) is 5.31. The zero-order chi connectivity index (χ0) is 13.7. The maximum atomic E-state index is 12.4. The molecule has 0 radical (unpaired) electrons. The van der Waals surface area contributed by atoms with Crippen LogP contribution in [0.15, 0.2) is 18.3 Å². The van der Waals surface area contributed by atoms with Gasteiger partial charge in [-0.25, -0.2) is 0 Å². The van der Waals surface area contributed by atoms with E-state index in [1.54, 1.807) is 6.20 Å². The van der Waals surface area contributed by atoms with Crippen LogP contribution < -0.4 is 10.6 Å². The highest BCUT2D eigenvalue weighted by molar-refractivity contribution is 5.86. The highest BCUT2D eigenvalue weighted by Crippen LogP contribution is 2.25. The molecular formula is C15H23N3O. The molecule has 0 aliphatic carbocycles. The third-order valence-corrected chi connectivity index (χ3v) is 3.89. The normalized spacial score (nSPS) is 22.4. The predicted molar refractivity (Wildman–Crippen MR) is 75.7 cm³/mol. The molecule has 0 bridgehead atoms. The van der Waals surface area contributed by atoms with Crippen LogP contribution in [0, 0.1) is 6.92 Å². The molecule has 0 spiro atoms. The lowest BCUT2D eigenvalue weighted by molar-refractivity contribution is -0.127. The Balaban J connectivity index is 1.98. The van der Waals surface area contributed by atoms with E-state index >= 15 is 0 Å². The zero-order valence-electron chi connectivity index (χ0n) is 11.8. The molecule has 1 aliphatic heterocycles. The van der Waals surface area contributed by atoms with E-state index in [4.69, 9.17) is 0 Å². The summed E-state index contributed by atoms with van der Waals surface area (Å²) >= 11 is 0. The van der Waals surface area contributed by atoms with Gasteiger partial charge in [0.2, 0.25) is 5.91 Å². The van der Waals surface area contributed by atoms with Crippen molar-refractivity contribution < 1.29 is 4.79 Å². The minimum absolute atomic E-state index is 0.122. The van der Waals surface area contributed by atoms with Crippen molar-refractivity contribution in [3.05, 3.63) is 29.6 Å². The van der Waals surface area contributed by atoms with E-state index in [0.717, 1.165) is 43.5 Å². The Hall–Kier alpha value is -1.42. The van der Waals surface area contributed by atoms with Crippen molar-refractivity contribution >= 4 is 5.91 Å². The molecule has 1 aliphatic rings. The van der Waals surface area contributed by atoms with Gasteiger partial charge in [0.1, 0.15) is 0 Å². The van der Waals surface area contributed by atoms with Gasteiger partial charge < -0.3 is 10.6 Å². The van der Waals surface area contributed by atoms with Crippen LogP contribution in [-0.4, -0.2) is 23.0 Å². The number of amides is 1. The SMILES string of the molecule is CCCC1(C(=O)NCc2ncccc2C)CCCN1. The number of nitrogens with one attached hydrogen (secondary N) is 2. The van der Waals surface area contributed by atoms with Gasteiger partial charge in [0, 0.05) is 6.20 Å². The molecule has 4 heteroatoms. The van der Waals surface area contributed by atoms with Gasteiger partial charge in [-0.05, 0) is 44.4 Å². The van der Waals surface area contributed by atoms with Crippen LogP contribution in [0.3, 0.4) is 0 Å². The van der Waals surface area contributed by atoms with E-state index < -0.39 is 0 Å². The molecule has 1 unspecified atom stereocenters. The highest BCUT2D eigenvalue weighted by atomic mass is 16.2. The second-order valence-electron chi connectivity index (χ2n) is 5.31. The van der Waals surface area contributed by atoms with Crippen LogP contribution in [0.5, 0.6) is 0 Å². The Labute approximate surface area is 115 Å². The summed E-state index contributed by atoms with van der Waals surface area (Å²) in [5.41, 5.74) is 1.71. The minimum atomic E-state index is -0.350. The number of hydrogen-bond donors (Lipinski definition) is 2. The molecule has 104 valence electrons. The lowest BCUT2D eigenvalue weighted by Crippen LogP contribution is -2.53. The first-order chi connectivity index (χ1) is 9.18. The van der Waals surface area contributed by atoms with E-state index in [2.05, 4.69) is 22.5 Å². The molecule has 0 saturated carbocycles. The van der Waals surface area contributed by atoms with Gasteiger partial charge in [0.15, 0.2) is 0 Å². The largest absolute Gasteiger partial charge is 0.349 e. The van der Waals surface area contributed by atoms with Crippen LogP contribution in [0.4, 0.5) is 0 Å². The van der Waals surface area contributed by atoms with E-state index in [-0.39, 0.29) is 11.4 Å². The average molecular weight is 261 g/mol. The third kappa shape index (κ3) is 3.13.